The monoisotopic (exact) mass is 293 g/mol. The number of aryl methyl sites for hydroxylation is 1. The molecule has 1 aliphatic rings. The SMILES string of the molecule is Cc1cc(F)ccc1S(=O)(=O)N1Cc2cncnc2C1. The second kappa shape index (κ2) is 4.60. The molecule has 0 spiro atoms. The van der Waals surface area contributed by atoms with E-state index in [0.717, 1.165) is 11.6 Å². The highest BCUT2D eigenvalue weighted by Crippen LogP contribution is 2.28. The van der Waals surface area contributed by atoms with Gasteiger partial charge >= 0.3 is 0 Å². The molecule has 104 valence electrons. The van der Waals surface area contributed by atoms with E-state index >= 15 is 0 Å². The van der Waals surface area contributed by atoms with Gasteiger partial charge in [0.1, 0.15) is 12.1 Å². The number of fused-ring (bicyclic) bond motifs is 1. The molecule has 20 heavy (non-hydrogen) atoms. The van der Waals surface area contributed by atoms with Crippen LogP contribution in [0.2, 0.25) is 0 Å². The normalized spacial score (nSPS) is 15.3. The molecule has 3 rings (SSSR count). The molecular formula is C13H12FN3O2S. The summed E-state index contributed by atoms with van der Waals surface area (Å²) in [6.07, 6.45) is 3.02. The quantitative estimate of drug-likeness (QED) is 0.844. The molecule has 0 aliphatic carbocycles. The third-order valence-corrected chi connectivity index (χ3v) is 5.26. The van der Waals surface area contributed by atoms with Gasteiger partial charge in [-0.25, -0.2) is 22.8 Å². The highest BCUT2D eigenvalue weighted by atomic mass is 32.2. The van der Waals surface area contributed by atoms with Gasteiger partial charge in [0.05, 0.1) is 17.1 Å². The van der Waals surface area contributed by atoms with E-state index in [9.17, 15) is 12.8 Å². The van der Waals surface area contributed by atoms with Gasteiger partial charge in [-0.15, -0.1) is 0 Å². The predicted molar refractivity (Wildman–Crippen MR) is 69.6 cm³/mol. The zero-order valence-corrected chi connectivity index (χ0v) is 11.6. The van der Waals surface area contributed by atoms with Crippen LogP contribution in [0.3, 0.4) is 0 Å². The summed E-state index contributed by atoms with van der Waals surface area (Å²) in [6.45, 7) is 2.05. The van der Waals surface area contributed by atoms with E-state index in [-0.39, 0.29) is 18.0 Å². The Kier molecular flexibility index (Phi) is 3.02. The van der Waals surface area contributed by atoms with Crippen LogP contribution in [0.25, 0.3) is 0 Å². The van der Waals surface area contributed by atoms with Crippen LogP contribution in [-0.2, 0) is 23.1 Å². The number of rotatable bonds is 2. The molecule has 5 nitrogen and oxygen atoms in total. The third-order valence-electron chi connectivity index (χ3n) is 3.31. The van der Waals surface area contributed by atoms with E-state index in [4.69, 9.17) is 0 Å². The minimum atomic E-state index is -3.65. The topological polar surface area (TPSA) is 63.2 Å². The van der Waals surface area contributed by atoms with E-state index in [1.54, 1.807) is 13.1 Å². The van der Waals surface area contributed by atoms with Gasteiger partial charge in [0.25, 0.3) is 0 Å². The van der Waals surface area contributed by atoms with Crippen LogP contribution in [-0.4, -0.2) is 22.7 Å². The summed E-state index contributed by atoms with van der Waals surface area (Å²) in [4.78, 5) is 8.09. The van der Waals surface area contributed by atoms with Crippen molar-refractivity contribution < 1.29 is 12.8 Å². The molecule has 1 aromatic heterocycles. The lowest BCUT2D eigenvalue weighted by Crippen LogP contribution is -2.26. The first-order chi connectivity index (χ1) is 9.48. The van der Waals surface area contributed by atoms with Crippen molar-refractivity contribution in [3.63, 3.8) is 0 Å². The lowest BCUT2D eigenvalue weighted by molar-refractivity contribution is 0.429. The number of hydrogen-bond acceptors (Lipinski definition) is 4. The summed E-state index contributed by atoms with van der Waals surface area (Å²) in [5.41, 5.74) is 1.91. The standard InChI is InChI=1S/C13H12FN3O2S/c1-9-4-11(14)2-3-13(9)20(18,19)17-6-10-5-15-8-16-12(10)7-17/h2-5,8H,6-7H2,1H3. The maximum absolute atomic E-state index is 13.1. The van der Waals surface area contributed by atoms with Crippen molar-refractivity contribution in [2.24, 2.45) is 0 Å². The number of hydrogen-bond donors (Lipinski definition) is 0. The molecule has 2 aromatic rings. The molecule has 0 bridgehead atoms. The van der Waals surface area contributed by atoms with Gasteiger partial charge in [-0.1, -0.05) is 0 Å². The smallest absolute Gasteiger partial charge is 0.244 e. The molecule has 0 unspecified atom stereocenters. The van der Waals surface area contributed by atoms with Crippen molar-refractivity contribution in [3.8, 4) is 0 Å². The fourth-order valence-electron chi connectivity index (χ4n) is 2.28. The Morgan fingerprint density at radius 1 is 1.30 bits per heavy atom. The average molecular weight is 293 g/mol. The fourth-order valence-corrected chi connectivity index (χ4v) is 3.87. The van der Waals surface area contributed by atoms with E-state index in [0.29, 0.717) is 11.3 Å². The van der Waals surface area contributed by atoms with E-state index in [1.165, 1.54) is 22.8 Å². The third kappa shape index (κ3) is 2.08. The molecule has 0 N–H and O–H groups in total. The fraction of sp³-hybridized carbons (Fsp3) is 0.231. The Morgan fingerprint density at radius 3 is 2.80 bits per heavy atom. The van der Waals surface area contributed by atoms with Gasteiger partial charge in [-0.05, 0) is 30.7 Å². The molecule has 0 saturated heterocycles. The lowest BCUT2D eigenvalue weighted by Gasteiger charge is -2.16. The van der Waals surface area contributed by atoms with Crippen LogP contribution in [0.1, 0.15) is 16.8 Å². The van der Waals surface area contributed by atoms with Gasteiger partial charge in [0, 0.05) is 18.3 Å². The maximum Gasteiger partial charge on any atom is 0.244 e. The maximum atomic E-state index is 13.1. The van der Waals surface area contributed by atoms with Crippen LogP contribution in [0.5, 0.6) is 0 Å². The number of halogens is 1. The Balaban J connectivity index is 1.99. The molecule has 0 atom stereocenters. The van der Waals surface area contributed by atoms with E-state index in [1.807, 2.05) is 0 Å². The molecule has 1 aliphatic heterocycles. The molecule has 2 heterocycles. The second-order valence-electron chi connectivity index (χ2n) is 4.68. The van der Waals surface area contributed by atoms with Crippen molar-refractivity contribution in [2.45, 2.75) is 24.9 Å². The van der Waals surface area contributed by atoms with Gasteiger partial charge in [-0.3, -0.25) is 0 Å². The van der Waals surface area contributed by atoms with Crippen molar-refractivity contribution in [1.82, 2.24) is 14.3 Å². The summed E-state index contributed by atoms with van der Waals surface area (Å²) >= 11 is 0. The number of nitrogens with zero attached hydrogens (tertiary/aromatic N) is 3. The first-order valence-corrected chi connectivity index (χ1v) is 7.46. The first-order valence-electron chi connectivity index (χ1n) is 6.02. The largest absolute Gasteiger partial charge is 0.244 e. The number of sulfonamides is 1. The van der Waals surface area contributed by atoms with Crippen molar-refractivity contribution in [1.29, 1.82) is 0 Å². The van der Waals surface area contributed by atoms with Gasteiger partial charge in [0.15, 0.2) is 0 Å². The van der Waals surface area contributed by atoms with Crippen LogP contribution in [0.15, 0.2) is 35.6 Å². The zero-order chi connectivity index (χ0) is 14.3. The average Bonchev–Trinajstić information content (AvgIpc) is 2.82. The molecule has 0 fully saturated rings. The Morgan fingerprint density at radius 2 is 2.10 bits per heavy atom. The van der Waals surface area contributed by atoms with Gasteiger partial charge in [-0.2, -0.15) is 4.31 Å². The Labute approximate surface area is 116 Å². The van der Waals surface area contributed by atoms with Crippen LogP contribution in [0.4, 0.5) is 4.39 Å². The van der Waals surface area contributed by atoms with Crippen LogP contribution < -0.4 is 0 Å². The van der Waals surface area contributed by atoms with E-state index < -0.39 is 15.8 Å². The summed E-state index contributed by atoms with van der Waals surface area (Å²) in [6, 6.07) is 3.67. The molecule has 0 saturated carbocycles. The molecule has 0 radical (unpaired) electrons. The summed E-state index contributed by atoms with van der Waals surface area (Å²) < 4.78 is 39.6. The van der Waals surface area contributed by atoms with Crippen molar-refractivity contribution in [2.75, 3.05) is 0 Å². The second-order valence-corrected chi connectivity index (χ2v) is 6.58. The van der Waals surface area contributed by atoms with Crippen molar-refractivity contribution in [3.05, 3.63) is 53.4 Å². The van der Waals surface area contributed by atoms with Crippen LogP contribution >= 0.6 is 0 Å². The first kappa shape index (κ1) is 13.1. The summed E-state index contributed by atoms with van der Waals surface area (Å²) in [5.74, 6) is -0.447. The number of aromatic nitrogens is 2. The van der Waals surface area contributed by atoms with Gasteiger partial charge < -0.3 is 0 Å². The highest BCUT2D eigenvalue weighted by Gasteiger charge is 2.32. The van der Waals surface area contributed by atoms with Crippen LogP contribution in [0, 0.1) is 12.7 Å². The Bertz CT molecular complexity index is 752. The minimum Gasteiger partial charge on any atom is -0.244 e. The minimum absolute atomic E-state index is 0.125. The Hall–Kier alpha value is -1.86. The molecule has 0 amide bonds. The predicted octanol–water partition coefficient (Wildman–Crippen LogP) is 1.63. The molecule has 7 heteroatoms. The lowest BCUT2D eigenvalue weighted by atomic mass is 10.2. The highest BCUT2D eigenvalue weighted by molar-refractivity contribution is 7.89. The molecular weight excluding hydrogens is 281 g/mol. The van der Waals surface area contributed by atoms with Crippen molar-refractivity contribution >= 4 is 10.0 Å². The number of benzene rings is 1. The van der Waals surface area contributed by atoms with E-state index in [2.05, 4.69) is 9.97 Å². The zero-order valence-electron chi connectivity index (χ0n) is 10.7. The molecule has 1 aromatic carbocycles. The van der Waals surface area contributed by atoms with Gasteiger partial charge in [0.2, 0.25) is 10.0 Å². The summed E-state index contributed by atoms with van der Waals surface area (Å²) in [7, 11) is -3.65. The summed E-state index contributed by atoms with van der Waals surface area (Å²) in [5, 5.41) is 0.